The van der Waals surface area contributed by atoms with Gasteiger partial charge in [-0.3, -0.25) is 0 Å². The van der Waals surface area contributed by atoms with E-state index in [1.165, 1.54) is 6.42 Å². The summed E-state index contributed by atoms with van der Waals surface area (Å²) in [6.45, 7) is 3.92. The molecule has 1 aliphatic carbocycles. The molecule has 0 spiro atoms. The summed E-state index contributed by atoms with van der Waals surface area (Å²) >= 11 is 12.3. The number of ether oxygens (including phenoxy) is 1. The molecule has 5 nitrogen and oxygen atoms in total. The predicted molar refractivity (Wildman–Crippen MR) is 131 cm³/mol. The van der Waals surface area contributed by atoms with Crippen molar-refractivity contribution >= 4 is 35.3 Å². The normalized spacial score (nSPS) is 16.6. The molecule has 0 heterocycles. The van der Waals surface area contributed by atoms with Crippen molar-refractivity contribution in [2.75, 3.05) is 0 Å². The lowest BCUT2D eigenvalue weighted by molar-refractivity contribution is -0.140. The second kappa shape index (κ2) is 11.3. The van der Waals surface area contributed by atoms with Crippen LogP contribution in [0.15, 0.2) is 48.5 Å². The quantitative estimate of drug-likeness (QED) is 0.410. The Morgan fingerprint density at radius 1 is 1.06 bits per heavy atom. The van der Waals surface area contributed by atoms with E-state index in [1.54, 1.807) is 18.2 Å². The molecule has 1 fully saturated rings. The summed E-state index contributed by atoms with van der Waals surface area (Å²) in [4.78, 5) is 24.8. The van der Waals surface area contributed by atoms with E-state index in [4.69, 9.17) is 27.9 Å². The van der Waals surface area contributed by atoms with Gasteiger partial charge < -0.3 is 15.2 Å². The molecule has 0 saturated heterocycles. The van der Waals surface area contributed by atoms with E-state index in [1.807, 2.05) is 44.2 Å². The highest BCUT2D eigenvalue weighted by molar-refractivity contribution is 6.30. The van der Waals surface area contributed by atoms with Gasteiger partial charge in [0.05, 0.1) is 0 Å². The summed E-state index contributed by atoms with van der Waals surface area (Å²) in [5.41, 5.74) is 0.983. The number of rotatable bonds is 8. The summed E-state index contributed by atoms with van der Waals surface area (Å²) in [6.07, 6.45) is 4.34. The number of hydrogen-bond acceptors (Lipinski definition) is 3. The van der Waals surface area contributed by atoms with Crippen LogP contribution in [0.4, 0.5) is 4.79 Å². The number of aliphatic carboxylic acids is 1. The van der Waals surface area contributed by atoms with Crippen LogP contribution in [0, 0.1) is 5.92 Å². The van der Waals surface area contributed by atoms with E-state index in [-0.39, 0.29) is 0 Å². The number of carbonyl (C=O) groups is 2. The molecule has 1 aliphatic rings. The van der Waals surface area contributed by atoms with E-state index < -0.39 is 29.6 Å². The van der Waals surface area contributed by atoms with Gasteiger partial charge in [-0.15, -0.1) is 0 Å². The van der Waals surface area contributed by atoms with Gasteiger partial charge in [0.2, 0.25) is 0 Å². The third kappa shape index (κ3) is 6.87. The first-order valence-electron chi connectivity index (χ1n) is 11.4. The molecular formula is C26H31Cl2NO4. The Labute approximate surface area is 205 Å². The predicted octanol–water partition coefficient (Wildman–Crippen LogP) is 7.16. The molecule has 0 aromatic heterocycles. The molecule has 2 aromatic carbocycles. The summed E-state index contributed by atoms with van der Waals surface area (Å²) in [5, 5.41) is 13.5. The van der Waals surface area contributed by atoms with Crippen molar-refractivity contribution < 1.29 is 19.4 Å². The molecule has 33 heavy (non-hydrogen) atoms. The molecule has 0 aliphatic heterocycles. The first-order valence-corrected chi connectivity index (χ1v) is 12.1. The maximum Gasteiger partial charge on any atom is 0.408 e. The highest BCUT2D eigenvalue weighted by Gasteiger charge is 2.37. The third-order valence-corrected chi connectivity index (χ3v) is 6.99. The standard InChI is InChI=1S/C26H31Cl2NO4/c1-26(2,19-9-6-10-21(28)16-19)23(18-11-13-20(27)14-12-18)33-25(32)29-22(24(30)31)15-17-7-4-3-5-8-17/h6,9-14,16-17,22-23H,3-5,7-8,15H2,1-2H3,(H,29,32)(H,30,31)/t22-,23?/m0/s1. The van der Waals surface area contributed by atoms with Crippen molar-refractivity contribution in [1.29, 1.82) is 0 Å². The minimum absolute atomic E-state index is 0.301. The Bertz CT molecular complexity index is 955. The molecule has 1 saturated carbocycles. The van der Waals surface area contributed by atoms with Crippen LogP contribution in [-0.2, 0) is 14.9 Å². The van der Waals surface area contributed by atoms with E-state index in [0.29, 0.717) is 22.4 Å². The van der Waals surface area contributed by atoms with Crippen LogP contribution in [0.3, 0.4) is 0 Å². The van der Waals surface area contributed by atoms with E-state index in [9.17, 15) is 14.7 Å². The zero-order valence-corrected chi connectivity index (χ0v) is 20.5. The van der Waals surface area contributed by atoms with Crippen LogP contribution in [0.25, 0.3) is 0 Å². The van der Waals surface area contributed by atoms with E-state index >= 15 is 0 Å². The van der Waals surface area contributed by atoms with Gasteiger partial charge >= 0.3 is 12.1 Å². The number of amides is 1. The lowest BCUT2D eigenvalue weighted by atomic mass is 9.76. The number of carbonyl (C=O) groups excluding carboxylic acids is 1. The maximum absolute atomic E-state index is 12.9. The average Bonchev–Trinajstić information content (AvgIpc) is 2.78. The second-order valence-corrected chi connectivity index (χ2v) is 10.2. The topological polar surface area (TPSA) is 75.6 Å². The Hall–Kier alpha value is -2.24. The minimum atomic E-state index is -1.05. The molecule has 1 unspecified atom stereocenters. The molecule has 2 aromatic rings. The highest BCUT2D eigenvalue weighted by Crippen LogP contribution is 2.40. The molecule has 7 heteroatoms. The summed E-state index contributed by atoms with van der Waals surface area (Å²) in [7, 11) is 0. The van der Waals surface area contributed by atoms with Crippen molar-refractivity contribution in [3.8, 4) is 0 Å². The van der Waals surface area contributed by atoms with Crippen molar-refractivity contribution in [2.24, 2.45) is 5.92 Å². The smallest absolute Gasteiger partial charge is 0.408 e. The van der Waals surface area contributed by atoms with Crippen LogP contribution in [0.2, 0.25) is 10.0 Å². The summed E-state index contributed by atoms with van der Waals surface area (Å²) < 4.78 is 5.91. The van der Waals surface area contributed by atoms with Gasteiger partial charge in [0, 0.05) is 15.5 Å². The summed E-state index contributed by atoms with van der Waals surface area (Å²) in [5.74, 6) is -0.746. The molecule has 2 atom stereocenters. The minimum Gasteiger partial charge on any atom is -0.480 e. The van der Waals surface area contributed by atoms with Crippen molar-refractivity contribution in [3.63, 3.8) is 0 Å². The summed E-state index contributed by atoms with van der Waals surface area (Å²) in [6, 6.07) is 13.5. The molecule has 3 rings (SSSR count). The first-order chi connectivity index (χ1) is 15.7. The van der Waals surface area contributed by atoms with Gasteiger partial charge in [-0.25, -0.2) is 9.59 Å². The third-order valence-electron chi connectivity index (χ3n) is 6.51. The van der Waals surface area contributed by atoms with Crippen LogP contribution < -0.4 is 5.32 Å². The Morgan fingerprint density at radius 3 is 2.33 bits per heavy atom. The lowest BCUT2D eigenvalue weighted by Gasteiger charge is -2.35. The molecule has 178 valence electrons. The number of benzene rings is 2. The fraction of sp³-hybridized carbons (Fsp3) is 0.462. The van der Waals surface area contributed by atoms with Crippen LogP contribution >= 0.6 is 23.2 Å². The molecule has 0 radical (unpaired) electrons. The second-order valence-electron chi connectivity index (χ2n) is 9.34. The fourth-order valence-corrected chi connectivity index (χ4v) is 4.89. The van der Waals surface area contributed by atoms with Gasteiger partial charge in [-0.1, -0.05) is 93.4 Å². The number of halogens is 2. The molecule has 1 amide bonds. The first kappa shape index (κ1) is 25.4. The van der Waals surface area contributed by atoms with Crippen molar-refractivity contribution in [1.82, 2.24) is 5.32 Å². The van der Waals surface area contributed by atoms with Gasteiger partial charge in [0.25, 0.3) is 0 Å². The number of nitrogens with one attached hydrogen (secondary N) is 1. The maximum atomic E-state index is 12.9. The molecular weight excluding hydrogens is 461 g/mol. The monoisotopic (exact) mass is 491 g/mol. The zero-order valence-electron chi connectivity index (χ0n) is 19.0. The van der Waals surface area contributed by atoms with E-state index in [2.05, 4.69) is 5.32 Å². The van der Waals surface area contributed by atoms with Crippen LogP contribution in [-0.4, -0.2) is 23.2 Å². The van der Waals surface area contributed by atoms with Crippen molar-refractivity contribution in [3.05, 3.63) is 69.7 Å². The number of hydrogen-bond donors (Lipinski definition) is 2. The zero-order chi connectivity index (χ0) is 24.0. The van der Waals surface area contributed by atoms with Gasteiger partial charge in [0.1, 0.15) is 12.1 Å². The molecule has 2 N–H and O–H groups in total. The number of carboxylic acids is 1. The van der Waals surface area contributed by atoms with Crippen LogP contribution in [0.1, 0.15) is 69.6 Å². The fourth-order valence-electron chi connectivity index (χ4n) is 4.57. The Balaban J connectivity index is 1.82. The van der Waals surface area contributed by atoms with Crippen molar-refractivity contribution in [2.45, 2.75) is 69.9 Å². The van der Waals surface area contributed by atoms with E-state index in [0.717, 1.165) is 36.8 Å². The van der Waals surface area contributed by atoms with Crippen LogP contribution in [0.5, 0.6) is 0 Å². The van der Waals surface area contributed by atoms with Gasteiger partial charge in [0.15, 0.2) is 0 Å². The largest absolute Gasteiger partial charge is 0.480 e. The number of alkyl carbamates (subject to hydrolysis) is 1. The van der Waals surface area contributed by atoms with Gasteiger partial charge in [-0.05, 0) is 47.7 Å². The molecule has 0 bridgehead atoms. The highest BCUT2D eigenvalue weighted by atomic mass is 35.5. The Morgan fingerprint density at radius 2 is 1.73 bits per heavy atom. The van der Waals surface area contributed by atoms with Gasteiger partial charge in [-0.2, -0.15) is 0 Å². The lowest BCUT2D eigenvalue weighted by Crippen LogP contribution is -2.44. The Kier molecular flexibility index (Phi) is 8.66. The number of carboxylic acid groups (broad SMARTS) is 1. The SMILES string of the molecule is CC(C)(c1cccc(Cl)c1)C(OC(=O)N[C@@H](CC1CCCCC1)C(=O)O)c1ccc(Cl)cc1. The average molecular weight is 492 g/mol.